The lowest BCUT2D eigenvalue weighted by Crippen LogP contribution is -2.50. The highest BCUT2D eigenvalue weighted by Crippen LogP contribution is 2.23. The fourth-order valence-electron chi connectivity index (χ4n) is 4.02. The van der Waals surface area contributed by atoms with E-state index in [1.54, 1.807) is 0 Å². The zero-order chi connectivity index (χ0) is 23.5. The van der Waals surface area contributed by atoms with Crippen molar-refractivity contribution in [3.8, 4) is 0 Å². The fraction of sp³-hybridized carbons (Fsp3) is 0.296. The first kappa shape index (κ1) is 25.1. The van der Waals surface area contributed by atoms with Crippen LogP contribution in [0.15, 0.2) is 78.9 Å². The number of urea groups is 1. The lowest BCUT2D eigenvalue weighted by Gasteiger charge is -2.38. The van der Waals surface area contributed by atoms with E-state index in [2.05, 4.69) is 35.8 Å². The van der Waals surface area contributed by atoms with Crippen molar-refractivity contribution in [2.24, 2.45) is 0 Å². The first-order valence-electron chi connectivity index (χ1n) is 11.4. The van der Waals surface area contributed by atoms with E-state index in [0.717, 1.165) is 64.8 Å². The van der Waals surface area contributed by atoms with Gasteiger partial charge in [0.05, 0.1) is 19.6 Å². The molecule has 0 aromatic heterocycles. The van der Waals surface area contributed by atoms with Gasteiger partial charge < -0.3 is 15.1 Å². The number of rotatable bonds is 11. The third kappa shape index (κ3) is 8.08. The molecule has 0 radical (unpaired) electrons. The summed E-state index contributed by atoms with van der Waals surface area (Å²) in [5.41, 5.74) is 3.22. The number of para-hydroxylation sites is 1. The van der Waals surface area contributed by atoms with Crippen molar-refractivity contribution in [2.45, 2.75) is 26.3 Å². The molecule has 0 bridgehead atoms. The Hall–Kier alpha value is -2.53. The van der Waals surface area contributed by atoms with Gasteiger partial charge >= 0.3 is 6.03 Å². The Kier molecular flexibility index (Phi) is 9.61. The van der Waals surface area contributed by atoms with Crippen LogP contribution in [0.3, 0.4) is 0 Å². The number of hydrogen-bond acceptors (Lipinski definition) is 1. The summed E-state index contributed by atoms with van der Waals surface area (Å²) in [4.78, 5) is 12.2. The van der Waals surface area contributed by atoms with Crippen LogP contribution in [0.2, 0.25) is 10.0 Å². The summed E-state index contributed by atoms with van der Waals surface area (Å²) in [6.07, 6.45) is 1.83. The second-order valence-electron chi connectivity index (χ2n) is 8.33. The maximum atomic E-state index is 12.2. The van der Waals surface area contributed by atoms with Gasteiger partial charge in [0.25, 0.3) is 0 Å². The second kappa shape index (κ2) is 12.6. The van der Waals surface area contributed by atoms with E-state index in [1.807, 2.05) is 60.7 Å². The van der Waals surface area contributed by atoms with Crippen molar-refractivity contribution in [3.63, 3.8) is 0 Å². The van der Waals surface area contributed by atoms with Gasteiger partial charge in [0.2, 0.25) is 0 Å². The molecular formula is C27H32Cl2N3O+. The van der Waals surface area contributed by atoms with Crippen LogP contribution in [0, 0.1) is 0 Å². The summed E-state index contributed by atoms with van der Waals surface area (Å²) >= 11 is 12.6. The van der Waals surface area contributed by atoms with Gasteiger partial charge in [-0.25, -0.2) is 4.79 Å². The molecule has 0 saturated heterocycles. The molecule has 6 heteroatoms. The number of likely N-dealkylation sites (N-methyl/N-ethyl adjacent to an activating group) is 1. The summed E-state index contributed by atoms with van der Waals surface area (Å²) in [7, 11) is 0. The van der Waals surface area contributed by atoms with E-state index in [4.69, 9.17) is 23.2 Å². The highest BCUT2D eigenvalue weighted by Gasteiger charge is 2.26. The minimum Gasteiger partial charge on any atom is -0.338 e. The lowest BCUT2D eigenvalue weighted by atomic mass is 10.1. The molecule has 0 aliphatic rings. The largest absolute Gasteiger partial charge is 0.338 e. The van der Waals surface area contributed by atoms with E-state index in [-0.39, 0.29) is 6.03 Å². The molecule has 0 aliphatic heterocycles. The molecule has 2 amide bonds. The first-order valence-corrected chi connectivity index (χ1v) is 12.2. The summed E-state index contributed by atoms with van der Waals surface area (Å²) < 4.78 is 0.897. The molecule has 1 atom stereocenters. The number of quaternary nitrogens is 1. The number of hydrogen-bond donors (Lipinski definition) is 2. The molecule has 174 valence electrons. The van der Waals surface area contributed by atoms with Crippen LogP contribution in [0.1, 0.15) is 24.5 Å². The van der Waals surface area contributed by atoms with Crippen molar-refractivity contribution in [2.75, 3.05) is 31.5 Å². The van der Waals surface area contributed by atoms with Gasteiger partial charge in [0.1, 0.15) is 6.54 Å². The van der Waals surface area contributed by atoms with E-state index < -0.39 is 0 Å². The van der Waals surface area contributed by atoms with Crippen LogP contribution < -0.4 is 10.6 Å². The van der Waals surface area contributed by atoms with Gasteiger partial charge in [-0.1, -0.05) is 71.7 Å². The quantitative estimate of drug-likeness (QED) is 0.228. The minimum atomic E-state index is -0.178. The topological polar surface area (TPSA) is 41.1 Å². The number of benzene rings is 3. The molecular weight excluding hydrogens is 453 g/mol. The number of nitrogens with zero attached hydrogens (tertiary/aromatic N) is 1. The van der Waals surface area contributed by atoms with Crippen molar-refractivity contribution in [1.82, 2.24) is 5.32 Å². The Balaban J connectivity index is 1.61. The SMILES string of the molecule is CC[N+](CCCNC(=O)Nc1ccccc1)(CCc1ccc(Cl)cc1)Cc1ccccc1Cl. The molecule has 4 nitrogen and oxygen atoms in total. The number of carbonyl (C=O) groups excluding carboxylic acids is 1. The van der Waals surface area contributed by atoms with Gasteiger partial charge in [-0.2, -0.15) is 0 Å². The van der Waals surface area contributed by atoms with Gasteiger partial charge in [-0.05, 0) is 42.8 Å². The molecule has 3 aromatic rings. The van der Waals surface area contributed by atoms with Gasteiger partial charge in [-0.3, -0.25) is 0 Å². The number of amides is 2. The maximum Gasteiger partial charge on any atom is 0.319 e. The fourth-order valence-corrected chi connectivity index (χ4v) is 4.34. The number of anilines is 1. The summed E-state index contributed by atoms with van der Waals surface area (Å²) in [6.45, 7) is 6.62. The standard InChI is InChI=1S/C27H31Cl2N3O/c1-2-32(21-23-9-6-7-12-26(23)29,20-17-22-13-15-24(28)16-14-22)19-8-18-30-27(33)31-25-10-4-3-5-11-25/h3-7,9-16H,2,8,17-21H2,1H3,(H-,30,31,33)/p+1. The lowest BCUT2D eigenvalue weighted by molar-refractivity contribution is -0.939. The highest BCUT2D eigenvalue weighted by molar-refractivity contribution is 6.31. The molecule has 0 saturated carbocycles. The minimum absolute atomic E-state index is 0.178. The van der Waals surface area contributed by atoms with Crippen LogP contribution in [0.4, 0.5) is 10.5 Å². The molecule has 2 N–H and O–H groups in total. The van der Waals surface area contributed by atoms with Crippen molar-refractivity contribution in [1.29, 1.82) is 0 Å². The molecule has 33 heavy (non-hydrogen) atoms. The Morgan fingerprint density at radius 3 is 2.27 bits per heavy atom. The molecule has 1 unspecified atom stereocenters. The summed E-state index contributed by atoms with van der Waals surface area (Å²) in [5, 5.41) is 7.41. The van der Waals surface area contributed by atoms with Gasteiger partial charge in [0.15, 0.2) is 0 Å². The molecule has 3 rings (SSSR count). The average molecular weight is 485 g/mol. The van der Waals surface area contributed by atoms with E-state index in [1.165, 1.54) is 5.56 Å². The monoisotopic (exact) mass is 484 g/mol. The van der Waals surface area contributed by atoms with Crippen LogP contribution in [-0.4, -0.2) is 36.7 Å². The Morgan fingerprint density at radius 1 is 0.879 bits per heavy atom. The normalized spacial score (nSPS) is 12.7. The van der Waals surface area contributed by atoms with E-state index in [9.17, 15) is 4.79 Å². The van der Waals surface area contributed by atoms with Crippen LogP contribution in [0.25, 0.3) is 0 Å². The van der Waals surface area contributed by atoms with Gasteiger partial charge in [0, 0.05) is 40.7 Å². The Morgan fingerprint density at radius 2 is 1.58 bits per heavy atom. The van der Waals surface area contributed by atoms with Crippen molar-refractivity contribution >= 4 is 34.9 Å². The van der Waals surface area contributed by atoms with Crippen molar-refractivity contribution < 1.29 is 9.28 Å². The molecule has 3 aromatic carbocycles. The third-order valence-corrected chi connectivity index (χ3v) is 6.67. The average Bonchev–Trinajstić information content (AvgIpc) is 2.83. The number of carbonyl (C=O) groups is 1. The molecule has 0 fully saturated rings. The molecule has 0 heterocycles. The smallest absolute Gasteiger partial charge is 0.319 e. The predicted molar refractivity (Wildman–Crippen MR) is 139 cm³/mol. The Bertz CT molecular complexity index is 1010. The van der Waals surface area contributed by atoms with Gasteiger partial charge in [-0.15, -0.1) is 0 Å². The third-order valence-electron chi connectivity index (χ3n) is 6.05. The van der Waals surface area contributed by atoms with E-state index >= 15 is 0 Å². The second-order valence-corrected chi connectivity index (χ2v) is 9.18. The zero-order valence-electron chi connectivity index (χ0n) is 19.1. The van der Waals surface area contributed by atoms with Crippen LogP contribution in [0.5, 0.6) is 0 Å². The number of halogens is 2. The number of nitrogens with one attached hydrogen (secondary N) is 2. The molecule has 0 spiro atoms. The molecule has 0 aliphatic carbocycles. The summed E-state index contributed by atoms with van der Waals surface area (Å²) in [5.74, 6) is 0. The predicted octanol–water partition coefficient (Wildman–Crippen LogP) is 6.78. The summed E-state index contributed by atoms with van der Waals surface area (Å²) in [6, 6.07) is 25.5. The van der Waals surface area contributed by atoms with E-state index in [0.29, 0.717) is 6.54 Å². The first-order chi connectivity index (χ1) is 16.0. The van der Waals surface area contributed by atoms with Crippen molar-refractivity contribution in [3.05, 3.63) is 100 Å². The highest BCUT2D eigenvalue weighted by atomic mass is 35.5. The van der Waals surface area contributed by atoms with Crippen LogP contribution >= 0.6 is 23.2 Å². The maximum absolute atomic E-state index is 12.2. The zero-order valence-corrected chi connectivity index (χ0v) is 20.6. The Labute approximate surface area is 207 Å². The van der Waals surface area contributed by atoms with Crippen LogP contribution in [-0.2, 0) is 13.0 Å².